The molecular formula is C13H15FN2O4. The Morgan fingerprint density at radius 3 is 2.80 bits per heavy atom. The summed E-state index contributed by atoms with van der Waals surface area (Å²) in [6, 6.07) is 2.78. The highest BCUT2D eigenvalue weighted by molar-refractivity contribution is 5.94. The number of rotatable bonds is 4. The molecule has 0 radical (unpaired) electrons. The lowest BCUT2D eigenvalue weighted by Gasteiger charge is -2.10. The zero-order valence-corrected chi connectivity index (χ0v) is 10.7. The van der Waals surface area contributed by atoms with Gasteiger partial charge in [0.1, 0.15) is 5.82 Å². The lowest BCUT2D eigenvalue weighted by molar-refractivity contribution is -0.385. The zero-order chi connectivity index (χ0) is 14.7. The Kier molecular flexibility index (Phi) is 4.29. The van der Waals surface area contributed by atoms with Crippen LogP contribution in [0.25, 0.3) is 0 Å². The van der Waals surface area contributed by atoms with Crippen molar-refractivity contribution in [3.8, 4) is 0 Å². The molecule has 20 heavy (non-hydrogen) atoms. The summed E-state index contributed by atoms with van der Waals surface area (Å²) in [7, 11) is 0. The molecule has 1 aromatic rings. The molecule has 2 N–H and O–H groups in total. The number of halogens is 1. The van der Waals surface area contributed by atoms with Gasteiger partial charge in [-0.3, -0.25) is 14.9 Å². The van der Waals surface area contributed by atoms with Crippen LogP contribution in [0.3, 0.4) is 0 Å². The Balaban J connectivity index is 2.00. The van der Waals surface area contributed by atoms with Gasteiger partial charge in [0.25, 0.3) is 11.6 Å². The van der Waals surface area contributed by atoms with Crippen molar-refractivity contribution in [2.75, 3.05) is 6.54 Å². The highest BCUT2D eigenvalue weighted by atomic mass is 19.1. The van der Waals surface area contributed by atoms with Gasteiger partial charge in [0, 0.05) is 18.2 Å². The number of benzene rings is 1. The Morgan fingerprint density at radius 2 is 2.20 bits per heavy atom. The molecule has 2 unspecified atom stereocenters. The van der Waals surface area contributed by atoms with Crippen LogP contribution in [0.1, 0.15) is 29.6 Å². The average Bonchev–Trinajstić information content (AvgIpc) is 2.81. The fraction of sp³-hybridized carbons (Fsp3) is 0.462. The topological polar surface area (TPSA) is 92.5 Å². The van der Waals surface area contributed by atoms with Gasteiger partial charge in [-0.1, -0.05) is 0 Å². The Morgan fingerprint density at radius 1 is 1.45 bits per heavy atom. The second kappa shape index (κ2) is 5.96. The number of aliphatic hydroxyl groups excluding tert-OH is 1. The number of nitro benzene ring substituents is 1. The summed E-state index contributed by atoms with van der Waals surface area (Å²) in [4.78, 5) is 21.7. The van der Waals surface area contributed by atoms with E-state index in [-0.39, 0.29) is 17.6 Å². The first-order valence-electron chi connectivity index (χ1n) is 6.37. The number of hydrogen-bond donors (Lipinski definition) is 2. The number of non-ortho nitro benzene ring substituents is 1. The fourth-order valence-electron chi connectivity index (χ4n) is 2.38. The standard InChI is InChI=1S/C13H15FN2O4/c14-10-4-9(5-11(6-10)16(19)20)13(18)15-7-8-1-2-12(17)3-8/h4-6,8,12,17H,1-3,7H2,(H,15,18). The van der Waals surface area contributed by atoms with Gasteiger partial charge in [-0.15, -0.1) is 0 Å². The molecule has 7 heteroatoms. The van der Waals surface area contributed by atoms with Gasteiger partial charge in [0.2, 0.25) is 0 Å². The van der Waals surface area contributed by atoms with Crippen LogP contribution in [0.2, 0.25) is 0 Å². The highest BCUT2D eigenvalue weighted by Crippen LogP contribution is 2.24. The van der Waals surface area contributed by atoms with E-state index in [1.54, 1.807) is 0 Å². The predicted molar refractivity (Wildman–Crippen MR) is 68.7 cm³/mol. The summed E-state index contributed by atoms with van der Waals surface area (Å²) < 4.78 is 13.2. The van der Waals surface area contributed by atoms with Crippen LogP contribution >= 0.6 is 0 Å². The third-order valence-corrected chi connectivity index (χ3v) is 3.42. The number of nitrogens with zero attached hydrogens (tertiary/aromatic N) is 1. The van der Waals surface area contributed by atoms with Crippen molar-refractivity contribution in [3.05, 3.63) is 39.7 Å². The summed E-state index contributed by atoms with van der Waals surface area (Å²) in [6.45, 7) is 0.375. The summed E-state index contributed by atoms with van der Waals surface area (Å²) in [6.07, 6.45) is 1.84. The molecule has 1 fully saturated rings. The molecule has 0 heterocycles. The SMILES string of the molecule is O=C(NCC1CCC(O)C1)c1cc(F)cc([N+](=O)[O-])c1. The van der Waals surface area contributed by atoms with Crippen molar-refractivity contribution in [2.45, 2.75) is 25.4 Å². The van der Waals surface area contributed by atoms with Crippen LogP contribution in [-0.2, 0) is 0 Å². The van der Waals surface area contributed by atoms with E-state index in [4.69, 9.17) is 0 Å². The molecule has 1 aromatic carbocycles. The van der Waals surface area contributed by atoms with E-state index in [2.05, 4.69) is 5.32 Å². The third kappa shape index (κ3) is 3.51. The van der Waals surface area contributed by atoms with Gasteiger partial charge < -0.3 is 10.4 Å². The van der Waals surface area contributed by atoms with E-state index in [1.807, 2.05) is 0 Å². The van der Waals surface area contributed by atoms with Gasteiger partial charge in [0.15, 0.2) is 0 Å². The van der Waals surface area contributed by atoms with Crippen molar-refractivity contribution in [1.82, 2.24) is 5.32 Å². The van der Waals surface area contributed by atoms with Crippen LogP contribution in [0, 0.1) is 21.8 Å². The minimum atomic E-state index is -0.819. The maximum absolute atomic E-state index is 13.2. The second-order valence-electron chi connectivity index (χ2n) is 5.00. The molecule has 0 aliphatic heterocycles. The Hall–Kier alpha value is -2.02. The van der Waals surface area contributed by atoms with Crippen LogP contribution in [0.5, 0.6) is 0 Å². The molecule has 0 spiro atoms. The molecule has 2 atom stereocenters. The van der Waals surface area contributed by atoms with Crippen LogP contribution in [-0.4, -0.2) is 28.6 Å². The zero-order valence-electron chi connectivity index (χ0n) is 10.7. The second-order valence-corrected chi connectivity index (χ2v) is 5.00. The van der Waals surface area contributed by atoms with E-state index >= 15 is 0 Å². The smallest absolute Gasteiger partial charge is 0.273 e. The van der Waals surface area contributed by atoms with E-state index < -0.39 is 22.3 Å². The largest absolute Gasteiger partial charge is 0.393 e. The van der Waals surface area contributed by atoms with Gasteiger partial charge in [-0.2, -0.15) is 0 Å². The lowest BCUT2D eigenvalue weighted by Crippen LogP contribution is -2.28. The number of carbonyl (C=O) groups is 1. The first-order chi connectivity index (χ1) is 9.45. The number of amides is 1. The van der Waals surface area contributed by atoms with Crippen LogP contribution in [0.4, 0.5) is 10.1 Å². The van der Waals surface area contributed by atoms with Crippen molar-refractivity contribution in [2.24, 2.45) is 5.92 Å². The summed E-state index contributed by atoms with van der Waals surface area (Å²) >= 11 is 0. The predicted octanol–water partition coefficient (Wildman–Crippen LogP) is 1.62. The summed E-state index contributed by atoms with van der Waals surface area (Å²) in [5.41, 5.74) is -0.526. The highest BCUT2D eigenvalue weighted by Gasteiger charge is 2.23. The minimum Gasteiger partial charge on any atom is -0.393 e. The molecule has 6 nitrogen and oxygen atoms in total. The van der Waals surface area contributed by atoms with Crippen molar-refractivity contribution in [3.63, 3.8) is 0 Å². The minimum absolute atomic E-state index is 0.0738. The average molecular weight is 282 g/mol. The Bertz CT molecular complexity index is 535. The first-order valence-corrected chi connectivity index (χ1v) is 6.37. The van der Waals surface area contributed by atoms with Crippen molar-refractivity contribution in [1.29, 1.82) is 0 Å². The molecule has 1 aliphatic rings. The number of nitrogens with one attached hydrogen (secondary N) is 1. The monoisotopic (exact) mass is 282 g/mol. The van der Waals surface area contributed by atoms with Crippen molar-refractivity contribution >= 4 is 11.6 Å². The molecule has 0 saturated heterocycles. The molecule has 1 saturated carbocycles. The summed E-state index contributed by atoms with van der Waals surface area (Å²) in [5.74, 6) is -1.17. The van der Waals surface area contributed by atoms with E-state index in [9.17, 15) is 24.4 Å². The number of aliphatic hydroxyl groups is 1. The number of nitro groups is 1. The van der Waals surface area contributed by atoms with E-state index in [0.717, 1.165) is 24.6 Å². The molecule has 2 rings (SSSR count). The number of hydrogen-bond acceptors (Lipinski definition) is 4. The van der Waals surface area contributed by atoms with Crippen molar-refractivity contribution < 1.29 is 19.2 Å². The molecule has 1 aliphatic carbocycles. The normalized spacial score (nSPS) is 21.7. The fourth-order valence-corrected chi connectivity index (χ4v) is 2.38. The number of carbonyl (C=O) groups excluding carboxylic acids is 1. The van der Waals surface area contributed by atoms with E-state index in [1.165, 1.54) is 0 Å². The van der Waals surface area contributed by atoms with Gasteiger partial charge in [0.05, 0.1) is 17.1 Å². The van der Waals surface area contributed by atoms with E-state index in [0.29, 0.717) is 19.4 Å². The Labute approximate surface area is 114 Å². The van der Waals surface area contributed by atoms with Crippen LogP contribution < -0.4 is 5.32 Å². The molecule has 0 aromatic heterocycles. The molecule has 0 bridgehead atoms. The molecule has 108 valence electrons. The first kappa shape index (κ1) is 14.4. The maximum atomic E-state index is 13.2. The van der Waals surface area contributed by atoms with Gasteiger partial charge >= 0.3 is 0 Å². The third-order valence-electron chi connectivity index (χ3n) is 3.42. The molecule has 1 amide bonds. The summed E-state index contributed by atoms with van der Waals surface area (Å²) in [5, 5.41) is 22.6. The maximum Gasteiger partial charge on any atom is 0.273 e. The lowest BCUT2D eigenvalue weighted by atomic mass is 10.1. The van der Waals surface area contributed by atoms with Gasteiger partial charge in [-0.05, 0) is 31.2 Å². The van der Waals surface area contributed by atoms with Gasteiger partial charge in [-0.25, -0.2) is 4.39 Å². The quantitative estimate of drug-likeness (QED) is 0.648. The van der Waals surface area contributed by atoms with Crippen LogP contribution in [0.15, 0.2) is 18.2 Å². The molecular weight excluding hydrogens is 267 g/mol.